The SMILES string of the molecule is Cc1nn(-c2ccccc2)c2sc(C(O)=C(C#N)c3nnc(N4CCOCC4)n3-c3ccccc3)cc12. The quantitative estimate of drug-likeness (QED) is 0.269. The molecule has 1 aliphatic rings. The molecule has 0 saturated carbocycles. The zero-order chi connectivity index (χ0) is 25.4. The maximum Gasteiger partial charge on any atom is 0.232 e. The summed E-state index contributed by atoms with van der Waals surface area (Å²) in [6, 6.07) is 23.5. The topological polar surface area (TPSA) is 105 Å². The standard InChI is InChI=1S/C27H23N7O2S/c1-18-21-16-23(37-26(21)34(31-18)20-10-6-3-7-11-20)24(35)22(17-28)25-29-30-27(32-12-14-36-15-13-32)33(25)19-8-4-2-5-9-19/h2-11,16,35H,12-15H2,1H3. The molecule has 9 nitrogen and oxygen atoms in total. The molecular weight excluding hydrogens is 486 g/mol. The molecule has 0 amide bonds. The van der Waals surface area contributed by atoms with Crippen LogP contribution in [0.2, 0.25) is 0 Å². The van der Waals surface area contributed by atoms with Gasteiger partial charge in [0.05, 0.1) is 35.2 Å². The van der Waals surface area contributed by atoms with Gasteiger partial charge in [-0.3, -0.25) is 4.57 Å². The highest BCUT2D eigenvalue weighted by Gasteiger charge is 2.26. The molecule has 37 heavy (non-hydrogen) atoms. The highest BCUT2D eigenvalue weighted by molar-refractivity contribution is 7.19. The summed E-state index contributed by atoms with van der Waals surface area (Å²) in [6.07, 6.45) is 0. The van der Waals surface area contributed by atoms with Gasteiger partial charge in [0.25, 0.3) is 0 Å². The van der Waals surface area contributed by atoms with Crippen LogP contribution in [0.3, 0.4) is 0 Å². The van der Waals surface area contributed by atoms with Gasteiger partial charge in [-0.2, -0.15) is 10.4 Å². The Bertz CT molecular complexity index is 1640. The van der Waals surface area contributed by atoms with E-state index in [0.717, 1.165) is 27.3 Å². The van der Waals surface area contributed by atoms with E-state index in [2.05, 4.69) is 26.3 Å². The van der Waals surface area contributed by atoms with Crippen molar-refractivity contribution >= 4 is 38.8 Å². The Labute approximate surface area is 217 Å². The van der Waals surface area contributed by atoms with Crippen LogP contribution in [-0.2, 0) is 4.74 Å². The Hall–Kier alpha value is -4.46. The number of morpholine rings is 1. The number of aliphatic hydroxyl groups is 1. The average Bonchev–Trinajstić information content (AvgIpc) is 3.66. The van der Waals surface area contributed by atoms with Gasteiger partial charge in [0, 0.05) is 18.5 Å². The minimum atomic E-state index is -0.138. The fourth-order valence-corrected chi connectivity index (χ4v) is 5.59. The van der Waals surface area contributed by atoms with Crippen molar-refractivity contribution in [3.8, 4) is 17.4 Å². The van der Waals surface area contributed by atoms with Crippen LogP contribution in [0.5, 0.6) is 0 Å². The molecule has 1 saturated heterocycles. The first-order valence-corrected chi connectivity index (χ1v) is 12.7. The van der Waals surface area contributed by atoms with Crippen LogP contribution in [0.25, 0.3) is 32.9 Å². The molecule has 5 aromatic rings. The second-order valence-corrected chi connectivity index (χ2v) is 9.62. The number of allylic oxidation sites excluding steroid dienone is 1. The van der Waals surface area contributed by atoms with Crippen LogP contribution >= 0.6 is 11.3 Å². The van der Waals surface area contributed by atoms with Gasteiger partial charge in [0.2, 0.25) is 5.95 Å². The number of anilines is 1. The van der Waals surface area contributed by atoms with E-state index in [9.17, 15) is 10.4 Å². The number of aryl methyl sites for hydroxylation is 1. The van der Waals surface area contributed by atoms with E-state index in [0.29, 0.717) is 37.1 Å². The number of benzene rings is 2. The molecule has 0 unspecified atom stereocenters. The number of ether oxygens (including phenoxy) is 1. The number of nitrogens with zero attached hydrogens (tertiary/aromatic N) is 7. The Morgan fingerprint density at radius 1 is 1.00 bits per heavy atom. The summed E-state index contributed by atoms with van der Waals surface area (Å²) >= 11 is 1.38. The lowest BCUT2D eigenvalue weighted by molar-refractivity contribution is 0.122. The largest absolute Gasteiger partial charge is 0.505 e. The summed E-state index contributed by atoms with van der Waals surface area (Å²) in [7, 11) is 0. The van der Waals surface area contributed by atoms with Crippen LogP contribution < -0.4 is 4.90 Å². The van der Waals surface area contributed by atoms with Gasteiger partial charge in [-0.15, -0.1) is 21.5 Å². The molecule has 0 atom stereocenters. The lowest BCUT2D eigenvalue weighted by Crippen LogP contribution is -2.38. The number of rotatable bonds is 5. The zero-order valence-corrected chi connectivity index (χ0v) is 20.9. The summed E-state index contributed by atoms with van der Waals surface area (Å²) in [5.74, 6) is 0.754. The van der Waals surface area contributed by atoms with Crippen molar-refractivity contribution in [1.82, 2.24) is 24.5 Å². The summed E-state index contributed by atoms with van der Waals surface area (Å²) in [5, 5.41) is 36.1. The van der Waals surface area contributed by atoms with Crippen molar-refractivity contribution in [1.29, 1.82) is 5.26 Å². The normalized spacial score (nSPS) is 14.5. The molecule has 10 heteroatoms. The third-order valence-corrected chi connectivity index (χ3v) is 7.42. The fraction of sp³-hybridized carbons (Fsp3) is 0.185. The fourth-order valence-electron chi connectivity index (χ4n) is 4.46. The molecule has 3 aromatic heterocycles. The predicted octanol–water partition coefficient (Wildman–Crippen LogP) is 4.76. The number of aromatic nitrogens is 5. The molecule has 6 rings (SSSR count). The molecule has 1 fully saturated rings. The Balaban J connectivity index is 1.50. The predicted molar refractivity (Wildman–Crippen MR) is 143 cm³/mol. The summed E-state index contributed by atoms with van der Waals surface area (Å²) in [5.41, 5.74) is 2.62. The molecule has 1 N–H and O–H groups in total. The molecule has 0 spiro atoms. The van der Waals surface area contributed by atoms with E-state index >= 15 is 0 Å². The molecule has 4 heterocycles. The first-order chi connectivity index (χ1) is 18.2. The molecule has 184 valence electrons. The maximum absolute atomic E-state index is 11.4. The first kappa shape index (κ1) is 23.0. The lowest BCUT2D eigenvalue weighted by Gasteiger charge is -2.28. The second-order valence-electron chi connectivity index (χ2n) is 8.59. The Morgan fingerprint density at radius 3 is 2.35 bits per heavy atom. The van der Waals surface area contributed by atoms with Gasteiger partial charge in [0.1, 0.15) is 16.5 Å². The number of hydrogen-bond donors (Lipinski definition) is 1. The Kier molecular flexibility index (Phi) is 5.92. The third-order valence-electron chi connectivity index (χ3n) is 6.31. The lowest BCUT2D eigenvalue weighted by atomic mass is 10.2. The number of thiophene rings is 1. The Morgan fingerprint density at radius 2 is 1.68 bits per heavy atom. The molecule has 0 bridgehead atoms. The summed E-state index contributed by atoms with van der Waals surface area (Å²) in [6.45, 7) is 4.43. The van der Waals surface area contributed by atoms with Crippen molar-refractivity contribution in [3.05, 3.63) is 83.1 Å². The van der Waals surface area contributed by atoms with E-state index in [-0.39, 0.29) is 17.2 Å². The smallest absolute Gasteiger partial charge is 0.232 e. The highest BCUT2D eigenvalue weighted by atomic mass is 32.1. The zero-order valence-electron chi connectivity index (χ0n) is 20.1. The first-order valence-electron chi connectivity index (χ1n) is 11.9. The van der Waals surface area contributed by atoms with E-state index in [1.807, 2.05) is 82.9 Å². The molecule has 0 aliphatic carbocycles. The van der Waals surface area contributed by atoms with E-state index in [4.69, 9.17) is 4.74 Å². The van der Waals surface area contributed by atoms with Gasteiger partial charge in [-0.1, -0.05) is 36.4 Å². The van der Waals surface area contributed by atoms with E-state index < -0.39 is 0 Å². The van der Waals surface area contributed by atoms with Gasteiger partial charge in [-0.05, 0) is 37.3 Å². The number of nitriles is 1. The maximum atomic E-state index is 11.4. The van der Waals surface area contributed by atoms with Crippen molar-refractivity contribution in [2.24, 2.45) is 0 Å². The summed E-state index contributed by atoms with van der Waals surface area (Å²) in [4.78, 5) is 3.53. The minimum absolute atomic E-state index is 0.0524. The van der Waals surface area contributed by atoms with E-state index in [1.54, 1.807) is 0 Å². The molecular formula is C27H23N7O2S. The van der Waals surface area contributed by atoms with Crippen LogP contribution in [0, 0.1) is 18.3 Å². The van der Waals surface area contributed by atoms with Crippen LogP contribution in [0.15, 0.2) is 66.7 Å². The van der Waals surface area contributed by atoms with Gasteiger partial charge >= 0.3 is 0 Å². The molecule has 0 radical (unpaired) electrons. The van der Waals surface area contributed by atoms with Crippen LogP contribution in [0.4, 0.5) is 5.95 Å². The number of hydrogen-bond acceptors (Lipinski definition) is 8. The molecule has 1 aliphatic heterocycles. The van der Waals surface area contributed by atoms with Crippen molar-refractivity contribution in [3.63, 3.8) is 0 Å². The number of para-hydroxylation sites is 2. The van der Waals surface area contributed by atoms with Crippen molar-refractivity contribution in [2.45, 2.75) is 6.92 Å². The monoisotopic (exact) mass is 509 g/mol. The van der Waals surface area contributed by atoms with E-state index in [1.165, 1.54) is 11.3 Å². The van der Waals surface area contributed by atoms with Crippen molar-refractivity contribution in [2.75, 3.05) is 31.2 Å². The molecule has 2 aromatic carbocycles. The second kappa shape index (κ2) is 9.54. The number of aliphatic hydroxyl groups excluding tert-OH is 1. The summed E-state index contributed by atoms with van der Waals surface area (Å²) < 4.78 is 9.19. The van der Waals surface area contributed by atoms with Gasteiger partial charge in [-0.25, -0.2) is 4.68 Å². The average molecular weight is 510 g/mol. The highest BCUT2D eigenvalue weighted by Crippen LogP contribution is 2.36. The van der Waals surface area contributed by atoms with Crippen LogP contribution in [0.1, 0.15) is 16.4 Å². The van der Waals surface area contributed by atoms with Gasteiger partial charge in [0.15, 0.2) is 11.6 Å². The van der Waals surface area contributed by atoms with Crippen LogP contribution in [-0.4, -0.2) is 56.0 Å². The number of fused-ring (bicyclic) bond motifs is 1. The van der Waals surface area contributed by atoms with Gasteiger partial charge < -0.3 is 14.7 Å². The minimum Gasteiger partial charge on any atom is -0.505 e. The van der Waals surface area contributed by atoms with Crippen molar-refractivity contribution < 1.29 is 9.84 Å². The third kappa shape index (κ3) is 4.04.